The van der Waals surface area contributed by atoms with Crippen LogP contribution >= 0.6 is 0 Å². The molecule has 0 aromatic heterocycles. The Morgan fingerprint density at radius 1 is 1.10 bits per heavy atom. The molecule has 0 spiro atoms. The van der Waals surface area contributed by atoms with E-state index < -0.39 is 5.82 Å². The van der Waals surface area contributed by atoms with Crippen LogP contribution in [-0.4, -0.2) is 6.29 Å². The van der Waals surface area contributed by atoms with E-state index in [4.69, 9.17) is 4.74 Å². The van der Waals surface area contributed by atoms with Crippen LogP contribution in [0.25, 0.3) is 0 Å². The molecule has 3 heteroatoms. The average Bonchev–Trinajstić information content (AvgIpc) is 2.92. The highest BCUT2D eigenvalue weighted by atomic mass is 19.1. The third-order valence-electron chi connectivity index (χ3n) is 3.60. The van der Waals surface area contributed by atoms with Crippen LogP contribution in [0.1, 0.15) is 33.5 Å². The predicted molar refractivity (Wildman–Crippen MR) is 74.6 cm³/mol. The van der Waals surface area contributed by atoms with E-state index >= 15 is 0 Å². The van der Waals surface area contributed by atoms with Gasteiger partial charge in [-0.15, -0.1) is 0 Å². The number of aryl methyl sites for hydroxylation is 2. The Morgan fingerprint density at radius 2 is 1.95 bits per heavy atom. The molecule has 0 saturated carbocycles. The van der Waals surface area contributed by atoms with Crippen LogP contribution in [-0.2, 0) is 19.4 Å². The number of rotatable bonds is 4. The molecular formula is C17H15FO2. The summed E-state index contributed by atoms with van der Waals surface area (Å²) in [5, 5.41) is 0. The van der Waals surface area contributed by atoms with E-state index in [1.54, 1.807) is 6.07 Å². The van der Waals surface area contributed by atoms with Gasteiger partial charge in [0.15, 0.2) is 0 Å². The third-order valence-corrected chi connectivity index (χ3v) is 3.60. The van der Waals surface area contributed by atoms with Crippen molar-refractivity contribution in [3.63, 3.8) is 0 Å². The number of carbonyl (C=O) groups is 1. The van der Waals surface area contributed by atoms with Crippen molar-refractivity contribution < 1.29 is 13.9 Å². The van der Waals surface area contributed by atoms with E-state index in [0.29, 0.717) is 18.6 Å². The second-order valence-electron chi connectivity index (χ2n) is 5.08. The van der Waals surface area contributed by atoms with Crippen LogP contribution < -0.4 is 4.74 Å². The maximum absolute atomic E-state index is 13.3. The summed E-state index contributed by atoms with van der Waals surface area (Å²) in [7, 11) is 0. The molecule has 102 valence electrons. The first-order chi connectivity index (χ1) is 9.74. The smallest absolute Gasteiger partial charge is 0.150 e. The van der Waals surface area contributed by atoms with Crippen molar-refractivity contribution in [1.82, 2.24) is 0 Å². The number of benzene rings is 2. The number of halogens is 1. The standard InChI is InChI=1S/C17H15FO2/c18-16-7-13(10-19)8-17(9-16)20-11-12-4-5-14-2-1-3-15(14)6-12/h4-10H,1-3,11H2. The molecule has 0 fully saturated rings. The number of aldehydes is 1. The Bertz CT molecular complexity index is 649. The lowest BCUT2D eigenvalue weighted by atomic mass is 10.1. The van der Waals surface area contributed by atoms with Gasteiger partial charge < -0.3 is 4.74 Å². The summed E-state index contributed by atoms with van der Waals surface area (Å²) in [6, 6.07) is 10.4. The Morgan fingerprint density at radius 3 is 2.80 bits per heavy atom. The van der Waals surface area contributed by atoms with E-state index in [1.807, 2.05) is 6.07 Å². The molecule has 0 N–H and O–H groups in total. The van der Waals surface area contributed by atoms with Crippen molar-refractivity contribution >= 4 is 6.29 Å². The normalized spacial score (nSPS) is 13.1. The van der Waals surface area contributed by atoms with E-state index in [2.05, 4.69) is 12.1 Å². The zero-order valence-corrected chi connectivity index (χ0v) is 11.1. The Kier molecular flexibility index (Phi) is 3.50. The lowest BCUT2D eigenvalue weighted by Gasteiger charge is -2.08. The number of ether oxygens (including phenoxy) is 1. The zero-order valence-electron chi connectivity index (χ0n) is 11.1. The van der Waals surface area contributed by atoms with Gasteiger partial charge in [-0.1, -0.05) is 18.2 Å². The van der Waals surface area contributed by atoms with E-state index in [1.165, 1.54) is 29.7 Å². The topological polar surface area (TPSA) is 26.3 Å². The maximum Gasteiger partial charge on any atom is 0.150 e. The quantitative estimate of drug-likeness (QED) is 0.792. The second-order valence-corrected chi connectivity index (χ2v) is 5.08. The molecule has 20 heavy (non-hydrogen) atoms. The van der Waals surface area contributed by atoms with E-state index in [0.717, 1.165) is 18.4 Å². The Balaban J connectivity index is 1.73. The van der Waals surface area contributed by atoms with Crippen molar-refractivity contribution in [3.8, 4) is 5.75 Å². The minimum absolute atomic E-state index is 0.286. The maximum atomic E-state index is 13.3. The molecule has 0 heterocycles. The summed E-state index contributed by atoms with van der Waals surface area (Å²) in [6.45, 7) is 0.384. The molecule has 2 aromatic rings. The SMILES string of the molecule is O=Cc1cc(F)cc(OCc2ccc3c(c2)CCC3)c1. The summed E-state index contributed by atoms with van der Waals surface area (Å²) in [6.07, 6.45) is 4.11. The van der Waals surface area contributed by atoms with Gasteiger partial charge in [-0.25, -0.2) is 4.39 Å². The summed E-state index contributed by atoms with van der Waals surface area (Å²) in [5.74, 6) is -0.0776. The van der Waals surface area contributed by atoms with Gasteiger partial charge in [0.1, 0.15) is 24.5 Å². The van der Waals surface area contributed by atoms with Gasteiger partial charge in [0.25, 0.3) is 0 Å². The molecular weight excluding hydrogens is 255 g/mol. The predicted octanol–water partition coefficient (Wildman–Crippen LogP) is 3.71. The van der Waals surface area contributed by atoms with Gasteiger partial charge in [-0.3, -0.25) is 4.79 Å². The molecule has 0 bridgehead atoms. The van der Waals surface area contributed by atoms with E-state index in [-0.39, 0.29) is 5.56 Å². The Hall–Kier alpha value is -2.16. The van der Waals surface area contributed by atoms with Gasteiger partial charge in [0.2, 0.25) is 0 Å². The average molecular weight is 270 g/mol. The fourth-order valence-electron chi connectivity index (χ4n) is 2.62. The van der Waals surface area contributed by atoms with Crippen LogP contribution in [0.4, 0.5) is 4.39 Å². The first kappa shape index (κ1) is 12.9. The monoisotopic (exact) mass is 270 g/mol. The molecule has 1 aliphatic carbocycles. The van der Waals surface area contributed by atoms with Crippen LogP contribution in [0.15, 0.2) is 36.4 Å². The first-order valence-electron chi connectivity index (χ1n) is 6.74. The molecule has 3 rings (SSSR count). The molecule has 2 aromatic carbocycles. The zero-order chi connectivity index (χ0) is 13.9. The van der Waals surface area contributed by atoms with Gasteiger partial charge in [-0.2, -0.15) is 0 Å². The first-order valence-corrected chi connectivity index (χ1v) is 6.74. The van der Waals surface area contributed by atoms with E-state index in [9.17, 15) is 9.18 Å². The van der Waals surface area contributed by atoms with Gasteiger partial charge in [-0.05, 0) is 48.1 Å². The molecule has 1 aliphatic rings. The highest BCUT2D eigenvalue weighted by Gasteiger charge is 2.11. The summed E-state index contributed by atoms with van der Waals surface area (Å²) in [5.41, 5.74) is 4.16. The fourth-order valence-corrected chi connectivity index (χ4v) is 2.62. The van der Waals surface area contributed by atoms with Gasteiger partial charge >= 0.3 is 0 Å². The molecule has 0 unspecified atom stereocenters. The van der Waals surface area contributed by atoms with Crippen LogP contribution in [0.2, 0.25) is 0 Å². The number of fused-ring (bicyclic) bond motifs is 1. The van der Waals surface area contributed by atoms with Crippen LogP contribution in [0, 0.1) is 5.82 Å². The molecule has 0 radical (unpaired) electrons. The van der Waals surface area contributed by atoms with Crippen LogP contribution in [0.5, 0.6) is 5.75 Å². The number of hydrogen-bond donors (Lipinski definition) is 0. The van der Waals surface area contributed by atoms with Crippen molar-refractivity contribution in [2.75, 3.05) is 0 Å². The fraction of sp³-hybridized carbons (Fsp3) is 0.235. The lowest BCUT2D eigenvalue weighted by molar-refractivity contribution is 0.112. The lowest BCUT2D eigenvalue weighted by Crippen LogP contribution is -1.98. The number of hydrogen-bond acceptors (Lipinski definition) is 2. The molecule has 0 atom stereocenters. The Labute approximate surface area is 117 Å². The van der Waals surface area contributed by atoms with Crippen LogP contribution in [0.3, 0.4) is 0 Å². The summed E-state index contributed by atoms with van der Waals surface area (Å²) < 4.78 is 18.9. The van der Waals surface area contributed by atoms with Gasteiger partial charge in [0, 0.05) is 11.6 Å². The van der Waals surface area contributed by atoms with Crippen molar-refractivity contribution in [2.24, 2.45) is 0 Å². The molecule has 0 amide bonds. The van der Waals surface area contributed by atoms with Gasteiger partial charge in [0.05, 0.1) is 0 Å². The molecule has 2 nitrogen and oxygen atoms in total. The number of carbonyl (C=O) groups excluding carboxylic acids is 1. The highest BCUT2D eigenvalue weighted by Crippen LogP contribution is 2.24. The van der Waals surface area contributed by atoms with Crippen molar-refractivity contribution in [1.29, 1.82) is 0 Å². The largest absolute Gasteiger partial charge is 0.489 e. The third kappa shape index (κ3) is 2.72. The second kappa shape index (κ2) is 5.45. The van der Waals surface area contributed by atoms with Crippen molar-refractivity contribution in [3.05, 3.63) is 64.5 Å². The summed E-state index contributed by atoms with van der Waals surface area (Å²) in [4.78, 5) is 10.7. The molecule has 0 aliphatic heterocycles. The minimum Gasteiger partial charge on any atom is -0.489 e. The minimum atomic E-state index is -0.460. The van der Waals surface area contributed by atoms with Crippen molar-refractivity contribution in [2.45, 2.75) is 25.9 Å². The summed E-state index contributed by atoms with van der Waals surface area (Å²) >= 11 is 0. The highest BCUT2D eigenvalue weighted by molar-refractivity contribution is 5.75. The molecule has 0 saturated heterocycles.